The quantitative estimate of drug-likeness (QED) is 0.554. The lowest BCUT2D eigenvalue weighted by molar-refractivity contribution is 1.01. The minimum absolute atomic E-state index is 0.0153. The fourth-order valence-corrected chi connectivity index (χ4v) is 2.12. The maximum atomic E-state index is 7.47. The number of pyridine rings is 1. The zero-order valence-electron chi connectivity index (χ0n) is 8.69. The number of nitrogen functional groups attached to an aromatic ring is 1. The van der Waals surface area contributed by atoms with Gasteiger partial charge in [0.25, 0.3) is 0 Å². The van der Waals surface area contributed by atoms with Crippen LogP contribution in [0.5, 0.6) is 0 Å². The number of aromatic amines is 1. The van der Waals surface area contributed by atoms with Crippen LogP contribution in [0.1, 0.15) is 11.3 Å². The second-order valence-corrected chi connectivity index (χ2v) is 4.19. The zero-order valence-corrected chi connectivity index (χ0v) is 9.51. The van der Waals surface area contributed by atoms with Crippen LogP contribution in [0.4, 0.5) is 0 Å². The van der Waals surface area contributed by atoms with E-state index in [2.05, 4.69) is 15.0 Å². The average molecular weight is 233 g/mol. The summed E-state index contributed by atoms with van der Waals surface area (Å²) in [5, 5.41) is 8.90. The van der Waals surface area contributed by atoms with Crippen molar-refractivity contribution in [3.8, 4) is 0 Å². The van der Waals surface area contributed by atoms with Crippen molar-refractivity contribution in [3.63, 3.8) is 0 Å². The number of rotatable bonds is 3. The number of nitrogens with two attached hydrogens (primary N) is 1. The van der Waals surface area contributed by atoms with Gasteiger partial charge in [0.05, 0.1) is 0 Å². The van der Waals surface area contributed by atoms with Gasteiger partial charge < -0.3 is 10.7 Å². The van der Waals surface area contributed by atoms with Crippen molar-refractivity contribution < 1.29 is 0 Å². The Balaban J connectivity index is 2.38. The third kappa shape index (κ3) is 2.22. The molecule has 0 aromatic carbocycles. The van der Waals surface area contributed by atoms with Gasteiger partial charge in [-0.3, -0.25) is 5.41 Å². The van der Waals surface area contributed by atoms with Crippen LogP contribution in [-0.2, 0) is 0 Å². The summed E-state index contributed by atoms with van der Waals surface area (Å²) >= 11 is 1.36. The first-order valence-corrected chi connectivity index (χ1v) is 5.48. The molecule has 0 amide bonds. The van der Waals surface area contributed by atoms with Crippen LogP contribution in [0, 0.1) is 12.3 Å². The highest BCUT2D eigenvalue weighted by Crippen LogP contribution is 2.25. The number of nitrogens with zero attached hydrogens (tertiary/aromatic N) is 2. The normalized spacial score (nSPS) is 10.3. The van der Waals surface area contributed by atoms with E-state index < -0.39 is 0 Å². The van der Waals surface area contributed by atoms with Crippen molar-refractivity contribution in [2.24, 2.45) is 5.73 Å². The standard InChI is InChI=1S/C10H11N5S/c1-6-2-3-7(8(11)12)9(15-6)16-10-13-4-5-14-10/h2-5H,1H3,(H3,11,12)(H,13,14). The van der Waals surface area contributed by atoms with E-state index in [0.29, 0.717) is 10.6 Å². The summed E-state index contributed by atoms with van der Waals surface area (Å²) in [5.41, 5.74) is 7.01. The molecule has 0 saturated heterocycles. The first-order chi connectivity index (χ1) is 7.66. The van der Waals surface area contributed by atoms with Gasteiger partial charge in [-0.1, -0.05) is 0 Å². The number of imidazole rings is 1. The number of amidine groups is 1. The van der Waals surface area contributed by atoms with Gasteiger partial charge in [-0.05, 0) is 30.8 Å². The van der Waals surface area contributed by atoms with E-state index in [4.69, 9.17) is 11.1 Å². The third-order valence-electron chi connectivity index (χ3n) is 1.96. The molecule has 0 saturated carbocycles. The molecule has 2 heterocycles. The monoisotopic (exact) mass is 233 g/mol. The van der Waals surface area contributed by atoms with Gasteiger partial charge in [0, 0.05) is 23.7 Å². The van der Waals surface area contributed by atoms with E-state index in [0.717, 1.165) is 10.9 Å². The Morgan fingerprint density at radius 3 is 2.94 bits per heavy atom. The van der Waals surface area contributed by atoms with E-state index in [-0.39, 0.29) is 5.84 Å². The Morgan fingerprint density at radius 2 is 2.31 bits per heavy atom. The molecular weight excluding hydrogens is 222 g/mol. The van der Waals surface area contributed by atoms with Crippen molar-refractivity contribution in [2.45, 2.75) is 17.1 Å². The van der Waals surface area contributed by atoms with E-state index in [1.54, 1.807) is 18.5 Å². The number of hydrogen-bond acceptors (Lipinski definition) is 4. The van der Waals surface area contributed by atoms with Crippen molar-refractivity contribution in [1.82, 2.24) is 15.0 Å². The lowest BCUT2D eigenvalue weighted by Gasteiger charge is -2.05. The van der Waals surface area contributed by atoms with Crippen LogP contribution in [0.25, 0.3) is 0 Å². The Hall–Kier alpha value is -1.82. The summed E-state index contributed by atoms with van der Waals surface area (Å²) in [6.45, 7) is 1.90. The van der Waals surface area contributed by atoms with Crippen molar-refractivity contribution in [3.05, 3.63) is 35.8 Å². The van der Waals surface area contributed by atoms with Crippen LogP contribution >= 0.6 is 11.8 Å². The molecule has 6 heteroatoms. The SMILES string of the molecule is Cc1ccc(C(=N)N)c(Sc2ncc[nH]2)n1. The van der Waals surface area contributed by atoms with Crippen molar-refractivity contribution in [2.75, 3.05) is 0 Å². The maximum absolute atomic E-state index is 7.47. The third-order valence-corrected chi connectivity index (χ3v) is 2.88. The van der Waals surface area contributed by atoms with Crippen molar-refractivity contribution >= 4 is 17.6 Å². The van der Waals surface area contributed by atoms with E-state index in [1.807, 2.05) is 13.0 Å². The second-order valence-electron chi connectivity index (χ2n) is 3.22. The Bertz CT molecular complexity index is 506. The van der Waals surface area contributed by atoms with Gasteiger partial charge in [0.1, 0.15) is 10.9 Å². The number of aromatic nitrogens is 3. The van der Waals surface area contributed by atoms with Crippen LogP contribution in [-0.4, -0.2) is 20.8 Å². The van der Waals surface area contributed by atoms with Gasteiger partial charge in [0.2, 0.25) is 0 Å². The zero-order chi connectivity index (χ0) is 11.5. The predicted molar refractivity (Wildman–Crippen MR) is 62.7 cm³/mol. The Labute approximate surface area is 97.0 Å². The lowest BCUT2D eigenvalue weighted by Crippen LogP contribution is -2.13. The number of nitrogens with one attached hydrogen (secondary N) is 2. The minimum atomic E-state index is 0.0153. The molecule has 0 unspecified atom stereocenters. The van der Waals surface area contributed by atoms with Gasteiger partial charge in [0.15, 0.2) is 5.16 Å². The first-order valence-electron chi connectivity index (χ1n) is 4.66. The predicted octanol–water partition coefficient (Wildman–Crippen LogP) is 1.55. The molecule has 0 aliphatic rings. The molecule has 0 aliphatic carbocycles. The maximum Gasteiger partial charge on any atom is 0.171 e. The van der Waals surface area contributed by atoms with E-state index >= 15 is 0 Å². The van der Waals surface area contributed by atoms with E-state index in [9.17, 15) is 0 Å². The second kappa shape index (κ2) is 4.36. The summed E-state index contributed by atoms with van der Waals surface area (Å²) in [5.74, 6) is 0.0153. The van der Waals surface area contributed by atoms with Gasteiger partial charge >= 0.3 is 0 Å². The summed E-state index contributed by atoms with van der Waals surface area (Å²) < 4.78 is 0. The highest BCUT2D eigenvalue weighted by molar-refractivity contribution is 7.99. The molecule has 0 fully saturated rings. The largest absolute Gasteiger partial charge is 0.384 e. The number of H-pyrrole nitrogens is 1. The van der Waals surface area contributed by atoms with Gasteiger partial charge in [-0.25, -0.2) is 9.97 Å². The van der Waals surface area contributed by atoms with Crippen molar-refractivity contribution in [1.29, 1.82) is 5.41 Å². The smallest absolute Gasteiger partial charge is 0.171 e. The fourth-order valence-electron chi connectivity index (χ4n) is 1.21. The molecule has 16 heavy (non-hydrogen) atoms. The highest BCUT2D eigenvalue weighted by atomic mass is 32.2. The number of aryl methyl sites for hydroxylation is 1. The molecule has 82 valence electrons. The molecule has 2 aromatic heterocycles. The van der Waals surface area contributed by atoms with Crippen LogP contribution < -0.4 is 5.73 Å². The molecule has 0 spiro atoms. The van der Waals surface area contributed by atoms with E-state index in [1.165, 1.54) is 11.8 Å². The van der Waals surface area contributed by atoms with Crippen LogP contribution in [0.15, 0.2) is 34.7 Å². The van der Waals surface area contributed by atoms with Gasteiger partial charge in [-0.15, -0.1) is 0 Å². The van der Waals surface area contributed by atoms with Crippen LogP contribution in [0.3, 0.4) is 0 Å². The molecule has 4 N–H and O–H groups in total. The molecule has 2 rings (SSSR count). The molecule has 0 atom stereocenters. The van der Waals surface area contributed by atoms with Crippen LogP contribution in [0.2, 0.25) is 0 Å². The first kappa shape index (κ1) is 10.7. The molecule has 0 radical (unpaired) electrons. The summed E-state index contributed by atoms with van der Waals surface area (Å²) in [7, 11) is 0. The Kier molecular flexibility index (Phi) is 2.91. The molecule has 2 aromatic rings. The minimum Gasteiger partial charge on any atom is -0.384 e. The molecule has 5 nitrogen and oxygen atoms in total. The Morgan fingerprint density at radius 1 is 1.50 bits per heavy atom. The summed E-state index contributed by atoms with van der Waals surface area (Å²) in [4.78, 5) is 11.4. The average Bonchev–Trinajstić information content (AvgIpc) is 2.70. The summed E-state index contributed by atoms with van der Waals surface area (Å²) in [6, 6.07) is 3.64. The lowest BCUT2D eigenvalue weighted by atomic mass is 10.2. The molecule has 0 aliphatic heterocycles. The highest BCUT2D eigenvalue weighted by Gasteiger charge is 2.10. The fraction of sp³-hybridized carbons (Fsp3) is 0.100. The topological polar surface area (TPSA) is 91.4 Å². The molecular formula is C10H11N5S. The number of hydrogen-bond donors (Lipinski definition) is 3. The molecule has 0 bridgehead atoms. The van der Waals surface area contributed by atoms with Gasteiger partial charge in [-0.2, -0.15) is 0 Å². The summed E-state index contributed by atoms with van der Waals surface area (Å²) in [6.07, 6.45) is 3.41.